The van der Waals surface area contributed by atoms with Crippen LogP contribution in [0.1, 0.15) is 29.8 Å². The number of fused-ring (bicyclic) bond motifs is 1. The van der Waals surface area contributed by atoms with E-state index in [1.807, 2.05) is 0 Å². The molecule has 1 saturated heterocycles. The maximum atomic E-state index is 12.8. The number of aliphatic hydroxyl groups is 1. The molecule has 1 fully saturated rings. The van der Waals surface area contributed by atoms with Crippen LogP contribution < -0.4 is 15.3 Å². The average Bonchev–Trinajstić information content (AvgIpc) is 2.78. The summed E-state index contributed by atoms with van der Waals surface area (Å²) in [5, 5.41) is 34.4. The van der Waals surface area contributed by atoms with E-state index in [1.54, 1.807) is 13.0 Å². The van der Waals surface area contributed by atoms with Gasteiger partial charge in [0.05, 0.1) is 17.6 Å². The number of hydrogen-bond acceptors (Lipinski definition) is 8. The molecule has 3 atom stereocenters. The van der Waals surface area contributed by atoms with Crippen molar-refractivity contribution in [1.29, 1.82) is 0 Å². The number of piperazine rings is 1. The van der Waals surface area contributed by atoms with Crippen LogP contribution in [-0.2, 0) is 20.8 Å². The van der Waals surface area contributed by atoms with Gasteiger partial charge >= 0.3 is 30.9 Å². The first-order valence-corrected chi connectivity index (χ1v) is 10.6. The van der Waals surface area contributed by atoms with Gasteiger partial charge in [-0.2, -0.15) is 0 Å². The zero-order chi connectivity index (χ0) is 25.2. The minimum atomic E-state index is -1.59. The van der Waals surface area contributed by atoms with E-state index in [9.17, 15) is 39.2 Å². The predicted octanol–water partition coefficient (Wildman–Crippen LogP) is -2.03. The number of nitrogens with zero attached hydrogens (tertiary/aromatic N) is 2. The third kappa shape index (κ3) is 4.97. The SMILES string of the molecule is CCN1CCN(C(=O)N[C@@H](C(=O)NC2Cc3cccc(C(=O)O)c3OB2O)[C@H](C)O)C(=O)C1=O. The highest BCUT2D eigenvalue weighted by atomic mass is 16.5. The second-order valence-corrected chi connectivity index (χ2v) is 7.94. The van der Waals surface area contributed by atoms with Crippen molar-refractivity contribution in [2.24, 2.45) is 0 Å². The summed E-state index contributed by atoms with van der Waals surface area (Å²) in [6.45, 7) is 3.31. The minimum absolute atomic E-state index is 0.0113. The molecule has 2 aliphatic heterocycles. The molecule has 5 amide bonds. The summed E-state index contributed by atoms with van der Waals surface area (Å²) in [5.74, 6) is -5.03. The summed E-state index contributed by atoms with van der Waals surface area (Å²) in [4.78, 5) is 63.0. The minimum Gasteiger partial charge on any atom is -0.534 e. The fourth-order valence-electron chi connectivity index (χ4n) is 3.77. The summed E-state index contributed by atoms with van der Waals surface area (Å²) in [6, 6.07) is 1.86. The Labute approximate surface area is 194 Å². The van der Waals surface area contributed by atoms with Crippen molar-refractivity contribution in [2.75, 3.05) is 19.6 Å². The van der Waals surface area contributed by atoms with Crippen LogP contribution in [0.25, 0.3) is 0 Å². The van der Waals surface area contributed by atoms with Gasteiger partial charge in [0.1, 0.15) is 11.8 Å². The van der Waals surface area contributed by atoms with Crippen LogP contribution in [0.2, 0.25) is 0 Å². The highest BCUT2D eigenvalue weighted by molar-refractivity contribution is 6.47. The Bertz CT molecular complexity index is 1020. The van der Waals surface area contributed by atoms with Crippen molar-refractivity contribution in [3.63, 3.8) is 0 Å². The number of aliphatic hydroxyl groups excluding tert-OH is 1. The Hall–Kier alpha value is -3.65. The molecule has 0 spiro atoms. The Kier molecular flexibility index (Phi) is 7.42. The zero-order valence-corrected chi connectivity index (χ0v) is 18.6. The normalized spacial score (nSPS) is 19.6. The van der Waals surface area contributed by atoms with Crippen LogP contribution in [0.5, 0.6) is 5.75 Å². The van der Waals surface area contributed by atoms with Gasteiger partial charge in [-0.15, -0.1) is 0 Å². The van der Waals surface area contributed by atoms with Crippen molar-refractivity contribution in [1.82, 2.24) is 20.4 Å². The molecule has 0 aliphatic carbocycles. The van der Waals surface area contributed by atoms with Gasteiger partial charge < -0.3 is 35.4 Å². The van der Waals surface area contributed by atoms with E-state index in [0.29, 0.717) is 17.0 Å². The number of nitrogens with one attached hydrogen (secondary N) is 2. The maximum absolute atomic E-state index is 12.8. The quantitative estimate of drug-likeness (QED) is 0.228. The lowest BCUT2D eigenvalue weighted by Crippen LogP contribution is -2.63. The van der Waals surface area contributed by atoms with Gasteiger partial charge in [0.2, 0.25) is 5.91 Å². The van der Waals surface area contributed by atoms with Crippen LogP contribution in [-0.4, -0.2) is 99.6 Å². The first-order valence-electron chi connectivity index (χ1n) is 10.6. The fraction of sp³-hybridized carbons (Fsp3) is 0.450. The van der Waals surface area contributed by atoms with Crippen molar-refractivity contribution in [3.8, 4) is 5.75 Å². The van der Waals surface area contributed by atoms with Gasteiger partial charge in [-0.3, -0.25) is 19.3 Å². The first-order chi connectivity index (χ1) is 16.0. The third-order valence-electron chi connectivity index (χ3n) is 5.66. The summed E-state index contributed by atoms with van der Waals surface area (Å²) in [6.07, 6.45) is -1.37. The number of rotatable bonds is 6. The number of carboxylic acids is 1. The van der Waals surface area contributed by atoms with Gasteiger partial charge in [-0.05, 0) is 31.9 Å². The number of carboxylic acid groups (broad SMARTS) is 1. The summed E-state index contributed by atoms with van der Waals surface area (Å²) < 4.78 is 5.32. The van der Waals surface area contributed by atoms with E-state index in [-0.39, 0.29) is 30.8 Å². The molecule has 1 aromatic rings. The molecule has 0 aromatic heterocycles. The summed E-state index contributed by atoms with van der Waals surface area (Å²) >= 11 is 0. The summed E-state index contributed by atoms with van der Waals surface area (Å²) in [7, 11) is -1.59. The average molecular weight is 476 g/mol. The van der Waals surface area contributed by atoms with Crippen molar-refractivity contribution in [3.05, 3.63) is 29.3 Å². The van der Waals surface area contributed by atoms with Gasteiger partial charge in [0.15, 0.2) is 0 Å². The number of likely N-dealkylation sites (N-methyl/N-ethyl adjacent to an activating group) is 1. The number of urea groups is 1. The van der Waals surface area contributed by atoms with E-state index in [1.165, 1.54) is 24.0 Å². The molecule has 0 bridgehead atoms. The largest absolute Gasteiger partial charge is 0.547 e. The van der Waals surface area contributed by atoms with E-state index in [2.05, 4.69) is 10.6 Å². The molecule has 34 heavy (non-hydrogen) atoms. The monoisotopic (exact) mass is 476 g/mol. The van der Waals surface area contributed by atoms with Gasteiger partial charge in [0.25, 0.3) is 0 Å². The van der Waals surface area contributed by atoms with E-state index in [0.717, 1.165) is 0 Å². The third-order valence-corrected chi connectivity index (χ3v) is 5.66. The Morgan fingerprint density at radius 1 is 1.24 bits per heavy atom. The van der Waals surface area contributed by atoms with Gasteiger partial charge in [0, 0.05) is 19.6 Å². The van der Waals surface area contributed by atoms with Crippen LogP contribution in [0.3, 0.4) is 0 Å². The lowest BCUT2D eigenvalue weighted by Gasteiger charge is -2.33. The zero-order valence-electron chi connectivity index (χ0n) is 18.6. The maximum Gasteiger partial charge on any atom is 0.547 e. The number of benzene rings is 1. The second-order valence-electron chi connectivity index (χ2n) is 7.94. The van der Waals surface area contributed by atoms with E-state index < -0.39 is 54.9 Å². The lowest BCUT2D eigenvalue weighted by molar-refractivity contribution is -0.153. The van der Waals surface area contributed by atoms with Crippen LogP contribution in [0, 0.1) is 0 Å². The lowest BCUT2D eigenvalue weighted by atomic mass is 9.72. The fourth-order valence-corrected chi connectivity index (χ4v) is 3.77. The highest BCUT2D eigenvalue weighted by Gasteiger charge is 2.41. The Morgan fingerprint density at radius 3 is 2.56 bits per heavy atom. The predicted molar refractivity (Wildman–Crippen MR) is 116 cm³/mol. The second kappa shape index (κ2) is 10.1. The van der Waals surface area contributed by atoms with Crippen LogP contribution >= 0.6 is 0 Å². The number of carbonyl (C=O) groups excluding carboxylic acids is 4. The van der Waals surface area contributed by atoms with Gasteiger partial charge in [-0.1, -0.05) is 12.1 Å². The van der Waals surface area contributed by atoms with Crippen molar-refractivity contribution in [2.45, 2.75) is 38.4 Å². The molecule has 13 nitrogen and oxygen atoms in total. The topological polar surface area (TPSA) is 186 Å². The number of hydrogen-bond donors (Lipinski definition) is 5. The number of imide groups is 1. The van der Waals surface area contributed by atoms with E-state index in [4.69, 9.17) is 4.65 Å². The van der Waals surface area contributed by atoms with Crippen molar-refractivity contribution < 1.29 is 43.9 Å². The molecule has 2 aliphatic rings. The molecule has 182 valence electrons. The smallest absolute Gasteiger partial charge is 0.534 e. The van der Waals surface area contributed by atoms with Crippen molar-refractivity contribution >= 4 is 36.8 Å². The molecule has 2 heterocycles. The van der Waals surface area contributed by atoms with Gasteiger partial charge in [-0.25, -0.2) is 9.59 Å². The number of para-hydroxylation sites is 1. The molecular formula is C20H25BN4O9. The van der Waals surface area contributed by atoms with Crippen LogP contribution in [0.4, 0.5) is 4.79 Å². The molecule has 0 radical (unpaired) electrons. The number of carbonyl (C=O) groups is 5. The standard InChI is InChI=1S/C20H25BN4O9/c1-3-24-7-8-25(18(29)17(24)28)20(32)23-14(10(2)26)16(27)22-13-9-11-5-4-6-12(19(30)31)15(11)34-21(13)33/h4-6,10,13-14,26,33H,3,7-9H2,1-2H3,(H,22,27)(H,23,32)(H,30,31)/t10-,13?,14+/m0/s1. The molecule has 14 heteroatoms. The molecule has 0 saturated carbocycles. The first kappa shape index (κ1) is 25.0. The molecule has 1 aromatic carbocycles. The molecule has 1 unspecified atom stereocenters. The Balaban J connectivity index is 1.69. The number of amides is 5. The Morgan fingerprint density at radius 2 is 1.94 bits per heavy atom. The highest BCUT2D eigenvalue weighted by Crippen LogP contribution is 2.30. The molecule has 3 rings (SSSR count). The number of aromatic carboxylic acids is 1. The molecule has 5 N–H and O–H groups in total. The molecular weight excluding hydrogens is 451 g/mol. The van der Waals surface area contributed by atoms with E-state index >= 15 is 0 Å². The van der Waals surface area contributed by atoms with Crippen LogP contribution in [0.15, 0.2) is 18.2 Å². The summed E-state index contributed by atoms with van der Waals surface area (Å²) in [5.41, 5.74) is 0.295.